The number of benzene rings is 1. The molecule has 0 aliphatic rings. The molecule has 0 saturated heterocycles. The van der Waals surface area contributed by atoms with E-state index in [1.807, 2.05) is 18.2 Å². The van der Waals surface area contributed by atoms with Crippen molar-refractivity contribution in [2.75, 3.05) is 0 Å². The maximum absolute atomic E-state index is 13.2. The van der Waals surface area contributed by atoms with Gasteiger partial charge in [-0.1, -0.05) is 41.5 Å². The molecule has 0 spiro atoms. The maximum Gasteiger partial charge on any atom is 0.417 e. The van der Waals surface area contributed by atoms with Gasteiger partial charge in [-0.15, -0.1) is 22.6 Å². The summed E-state index contributed by atoms with van der Waals surface area (Å²) in [6, 6.07) is 7.68. The molecule has 134 valence electrons. The highest BCUT2D eigenvalue weighted by atomic mass is 79.9. The summed E-state index contributed by atoms with van der Waals surface area (Å²) in [6.45, 7) is 3.99. The van der Waals surface area contributed by atoms with Gasteiger partial charge >= 0.3 is 6.18 Å². The number of fused-ring (bicyclic) bond motifs is 1. The lowest BCUT2D eigenvalue weighted by molar-refractivity contribution is -0.139. The van der Waals surface area contributed by atoms with Gasteiger partial charge in [-0.25, -0.2) is 0 Å². The van der Waals surface area contributed by atoms with Crippen LogP contribution in [0.3, 0.4) is 0 Å². The molecule has 1 aromatic carbocycles. The van der Waals surface area contributed by atoms with Gasteiger partial charge in [-0.3, -0.25) is 4.40 Å². The summed E-state index contributed by atoms with van der Waals surface area (Å²) in [5.41, 5.74) is 0.0183. The number of hydrogen-bond acceptors (Lipinski definition) is 3. The van der Waals surface area contributed by atoms with Gasteiger partial charge in [-0.05, 0) is 30.3 Å². The van der Waals surface area contributed by atoms with Crippen LogP contribution in [0.15, 0.2) is 50.8 Å². The van der Waals surface area contributed by atoms with E-state index in [4.69, 9.17) is 0 Å². The van der Waals surface area contributed by atoms with E-state index in [1.54, 1.807) is 24.4 Å². The first-order valence-corrected chi connectivity index (χ1v) is 8.76. The normalized spacial score (nSPS) is 11.8. The highest BCUT2D eigenvalue weighted by Gasteiger charge is 2.33. The lowest BCUT2D eigenvalue weighted by atomic mass is 10.2. The minimum Gasteiger partial charge on any atom is -0.285 e. The van der Waals surface area contributed by atoms with Crippen molar-refractivity contribution in [3.05, 3.63) is 52.4 Å². The number of hydrogen-bond donors (Lipinski definition) is 0. The number of pyridine rings is 1. The highest BCUT2D eigenvalue weighted by molar-refractivity contribution is 9.10. The Balaban J connectivity index is 0.00000225. The predicted octanol–water partition coefficient (Wildman–Crippen LogP) is 6.21. The Morgan fingerprint density at radius 1 is 1.12 bits per heavy atom. The molecule has 0 N–H and O–H groups in total. The van der Waals surface area contributed by atoms with Gasteiger partial charge in [0.05, 0.1) is 5.56 Å². The molecule has 0 saturated carbocycles. The van der Waals surface area contributed by atoms with Gasteiger partial charge in [0.2, 0.25) is 0 Å². The van der Waals surface area contributed by atoms with Crippen LogP contribution in [0.1, 0.15) is 31.2 Å². The topological polar surface area (TPSA) is 30.2 Å². The van der Waals surface area contributed by atoms with Gasteiger partial charge in [-0.2, -0.15) is 13.2 Å². The Hall–Kier alpha value is -1.25. The molecule has 0 bridgehead atoms. The second-order valence-electron chi connectivity index (χ2n) is 5.55. The molecule has 3 nitrogen and oxygen atoms in total. The van der Waals surface area contributed by atoms with Crippen LogP contribution >= 0.6 is 40.1 Å². The quantitative estimate of drug-likeness (QED) is 0.473. The van der Waals surface area contributed by atoms with Crippen molar-refractivity contribution >= 4 is 45.7 Å². The molecule has 0 radical (unpaired) electrons. The number of nitrogens with zero attached hydrogens (tertiary/aromatic N) is 3. The third-order valence-electron chi connectivity index (χ3n) is 3.39. The molecule has 3 aromatic rings. The predicted molar refractivity (Wildman–Crippen MR) is 97.6 cm³/mol. The second kappa shape index (κ2) is 7.55. The van der Waals surface area contributed by atoms with Crippen LogP contribution in [0.5, 0.6) is 0 Å². The Labute approximate surface area is 161 Å². The van der Waals surface area contributed by atoms with Crippen molar-refractivity contribution in [2.24, 2.45) is 0 Å². The first-order valence-electron chi connectivity index (χ1n) is 7.15. The molecule has 3 rings (SSSR count). The molecule has 0 atom stereocenters. The van der Waals surface area contributed by atoms with E-state index in [0.717, 1.165) is 23.7 Å². The lowest BCUT2D eigenvalue weighted by Crippen LogP contribution is -2.06. The van der Waals surface area contributed by atoms with Gasteiger partial charge in [0.15, 0.2) is 5.65 Å². The highest BCUT2D eigenvalue weighted by Crippen LogP contribution is 2.40. The number of rotatable bonds is 3. The van der Waals surface area contributed by atoms with Crippen LogP contribution in [-0.4, -0.2) is 14.6 Å². The molecular formula is C16H14BrClF3N3S. The van der Waals surface area contributed by atoms with E-state index in [-0.39, 0.29) is 23.2 Å². The SMILES string of the molecule is CC(C)c1nnc2ccc(Sc3ccc(Br)cc3C(F)(F)F)cn12.Cl. The molecule has 0 aliphatic carbocycles. The molecule has 25 heavy (non-hydrogen) atoms. The van der Waals surface area contributed by atoms with Crippen molar-refractivity contribution in [1.29, 1.82) is 0 Å². The zero-order valence-electron chi connectivity index (χ0n) is 13.2. The summed E-state index contributed by atoms with van der Waals surface area (Å²) in [6.07, 6.45) is -2.63. The average molecular weight is 453 g/mol. The number of halogens is 5. The van der Waals surface area contributed by atoms with E-state index < -0.39 is 11.7 Å². The van der Waals surface area contributed by atoms with Gasteiger partial charge in [0.1, 0.15) is 5.82 Å². The Morgan fingerprint density at radius 2 is 1.84 bits per heavy atom. The van der Waals surface area contributed by atoms with Crippen LogP contribution in [0.2, 0.25) is 0 Å². The molecule has 9 heteroatoms. The largest absolute Gasteiger partial charge is 0.417 e. The molecule has 2 aromatic heterocycles. The maximum atomic E-state index is 13.2. The summed E-state index contributed by atoms with van der Waals surface area (Å²) in [5, 5.41) is 8.20. The van der Waals surface area contributed by atoms with E-state index in [1.165, 1.54) is 6.07 Å². The van der Waals surface area contributed by atoms with Gasteiger partial charge in [0.25, 0.3) is 0 Å². The van der Waals surface area contributed by atoms with Crippen molar-refractivity contribution in [3.63, 3.8) is 0 Å². The standard InChI is InChI=1S/C16H13BrF3N3S.ClH/c1-9(2)15-22-21-14-6-4-11(8-23(14)15)24-13-5-3-10(17)7-12(13)16(18,19)20;/h3-9H,1-2H3;1H. The second-order valence-corrected chi connectivity index (χ2v) is 7.58. The third kappa shape index (κ3) is 4.30. The van der Waals surface area contributed by atoms with Crippen molar-refractivity contribution in [2.45, 2.75) is 35.7 Å². The van der Waals surface area contributed by atoms with E-state index in [9.17, 15) is 13.2 Å². The Bertz CT molecular complexity index is 896. The van der Waals surface area contributed by atoms with Crippen LogP contribution < -0.4 is 0 Å². The van der Waals surface area contributed by atoms with E-state index >= 15 is 0 Å². The monoisotopic (exact) mass is 451 g/mol. The lowest BCUT2D eigenvalue weighted by Gasteiger charge is -2.13. The molecule has 0 fully saturated rings. The van der Waals surface area contributed by atoms with Crippen LogP contribution in [-0.2, 0) is 6.18 Å². The zero-order valence-corrected chi connectivity index (χ0v) is 16.4. The molecule has 0 amide bonds. The average Bonchev–Trinajstić information content (AvgIpc) is 2.91. The van der Waals surface area contributed by atoms with Gasteiger partial charge in [0, 0.05) is 26.4 Å². The molecular weight excluding hydrogens is 439 g/mol. The first-order chi connectivity index (χ1) is 11.3. The van der Waals surface area contributed by atoms with Crippen molar-refractivity contribution in [1.82, 2.24) is 14.6 Å². The summed E-state index contributed by atoms with van der Waals surface area (Å²) in [4.78, 5) is 0.848. The summed E-state index contributed by atoms with van der Waals surface area (Å²) < 4.78 is 42.0. The molecule has 0 unspecified atom stereocenters. The first kappa shape index (κ1) is 20.1. The van der Waals surface area contributed by atoms with Gasteiger partial charge < -0.3 is 0 Å². The van der Waals surface area contributed by atoms with E-state index in [0.29, 0.717) is 15.0 Å². The van der Waals surface area contributed by atoms with Crippen molar-refractivity contribution < 1.29 is 13.2 Å². The summed E-state index contributed by atoms with van der Waals surface area (Å²) in [7, 11) is 0. The fourth-order valence-corrected chi connectivity index (χ4v) is 3.61. The minimum atomic E-state index is -4.41. The fraction of sp³-hybridized carbons (Fsp3) is 0.250. The Kier molecular flexibility index (Phi) is 6.06. The summed E-state index contributed by atoms with van der Waals surface area (Å²) in [5.74, 6) is 0.943. The zero-order chi connectivity index (χ0) is 17.5. The summed E-state index contributed by atoms with van der Waals surface area (Å²) >= 11 is 4.17. The van der Waals surface area contributed by atoms with Crippen LogP contribution in [0, 0.1) is 0 Å². The number of alkyl halides is 3. The van der Waals surface area contributed by atoms with Crippen molar-refractivity contribution in [3.8, 4) is 0 Å². The third-order valence-corrected chi connectivity index (χ3v) is 4.94. The molecule has 0 aliphatic heterocycles. The number of aromatic nitrogens is 3. The minimum absolute atomic E-state index is 0. The smallest absolute Gasteiger partial charge is 0.285 e. The van der Waals surface area contributed by atoms with E-state index in [2.05, 4.69) is 26.1 Å². The van der Waals surface area contributed by atoms with Crippen LogP contribution in [0.4, 0.5) is 13.2 Å². The van der Waals surface area contributed by atoms with Crippen LogP contribution in [0.25, 0.3) is 5.65 Å². The Morgan fingerprint density at radius 3 is 2.48 bits per heavy atom. The fourth-order valence-electron chi connectivity index (χ4n) is 2.28. The molecule has 2 heterocycles.